The van der Waals surface area contributed by atoms with Crippen molar-refractivity contribution < 1.29 is 4.79 Å². The van der Waals surface area contributed by atoms with E-state index < -0.39 is 0 Å². The van der Waals surface area contributed by atoms with Gasteiger partial charge in [-0.2, -0.15) is 5.10 Å². The highest BCUT2D eigenvalue weighted by atomic mass is 16.2. The van der Waals surface area contributed by atoms with Gasteiger partial charge >= 0.3 is 6.03 Å². The molecule has 0 saturated carbocycles. The Morgan fingerprint density at radius 3 is 2.74 bits per heavy atom. The number of aromatic nitrogens is 2. The first-order valence-electron chi connectivity index (χ1n) is 8.02. The van der Waals surface area contributed by atoms with Crippen molar-refractivity contribution in [1.29, 1.82) is 0 Å². The van der Waals surface area contributed by atoms with Crippen LogP contribution in [0.15, 0.2) is 42.7 Å². The molecular weight excluding hydrogens is 290 g/mol. The average Bonchev–Trinajstić information content (AvgIpc) is 3.05. The van der Waals surface area contributed by atoms with E-state index in [1.165, 1.54) is 0 Å². The van der Waals surface area contributed by atoms with Crippen molar-refractivity contribution in [1.82, 2.24) is 25.3 Å². The molecule has 0 bridgehead atoms. The molecule has 1 saturated heterocycles. The number of hydrogen-bond acceptors (Lipinski definition) is 3. The van der Waals surface area contributed by atoms with Crippen molar-refractivity contribution in [3.8, 4) is 5.69 Å². The quantitative estimate of drug-likeness (QED) is 0.904. The summed E-state index contributed by atoms with van der Waals surface area (Å²) in [6, 6.07) is 10.1. The summed E-state index contributed by atoms with van der Waals surface area (Å²) in [6.45, 7) is 2.55. The summed E-state index contributed by atoms with van der Waals surface area (Å²) in [6.07, 6.45) is 5.74. The lowest BCUT2D eigenvalue weighted by molar-refractivity contribution is 0.213. The molecule has 1 aliphatic heterocycles. The SMILES string of the molecule is CN1CCC(NC(=O)NCc2cnn(-c3ccccc3)c2)CC1. The van der Waals surface area contributed by atoms with Crippen LogP contribution in [0.1, 0.15) is 18.4 Å². The highest BCUT2D eigenvalue weighted by Gasteiger charge is 2.18. The highest BCUT2D eigenvalue weighted by molar-refractivity contribution is 5.74. The predicted molar refractivity (Wildman–Crippen MR) is 89.5 cm³/mol. The molecule has 3 rings (SSSR count). The van der Waals surface area contributed by atoms with Gasteiger partial charge in [-0.15, -0.1) is 0 Å². The largest absolute Gasteiger partial charge is 0.335 e. The number of piperidine rings is 1. The molecule has 1 fully saturated rings. The Bertz CT molecular complexity index is 631. The van der Waals surface area contributed by atoms with Crippen LogP contribution in [-0.4, -0.2) is 46.9 Å². The van der Waals surface area contributed by atoms with Crippen LogP contribution < -0.4 is 10.6 Å². The maximum absolute atomic E-state index is 12.0. The maximum Gasteiger partial charge on any atom is 0.315 e. The standard InChI is InChI=1S/C17H23N5O/c1-21-9-7-15(8-10-21)20-17(23)18-11-14-12-19-22(13-14)16-5-3-2-4-6-16/h2-6,12-13,15H,7-11H2,1H3,(H2,18,20,23). The van der Waals surface area contributed by atoms with Gasteiger partial charge in [0.1, 0.15) is 0 Å². The third-order valence-electron chi connectivity index (χ3n) is 4.16. The Labute approximate surface area is 136 Å². The minimum Gasteiger partial charge on any atom is -0.335 e. The third kappa shape index (κ3) is 4.32. The molecule has 0 atom stereocenters. The van der Waals surface area contributed by atoms with Crippen LogP contribution in [-0.2, 0) is 6.54 Å². The first-order valence-corrected chi connectivity index (χ1v) is 8.02. The summed E-state index contributed by atoms with van der Waals surface area (Å²) >= 11 is 0. The smallest absolute Gasteiger partial charge is 0.315 e. The molecule has 0 unspecified atom stereocenters. The van der Waals surface area contributed by atoms with Crippen LogP contribution >= 0.6 is 0 Å². The zero-order valence-corrected chi connectivity index (χ0v) is 13.4. The number of amides is 2. The molecule has 0 radical (unpaired) electrons. The molecule has 6 nitrogen and oxygen atoms in total. The van der Waals surface area contributed by atoms with Crippen molar-refractivity contribution in [2.75, 3.05) is 20.1 Å². The van der Waals surface area contributed by atoms with Crippen LogP contribution in [0.25, 0.3) is 5.69 Å². The average molecular weight is 313 g/mol. The molecule has 1 aromatic carbocycles. The van der Waals surface area contributed by atoms with Crippen LogP contribution in [0.2, 0.25) is 0 Å². The first-order chi connectivity index (χ1) is 11.2. The molecule has 1 aliphatic rings. The van der Waals surface area contributed by atoms with Gasteiger partial charge in [-0.05, 0) is 45.1 Å². The van der Waals surface area contributed by atoms with Gasteiger partial charge in [-0.1, -0.05) is 18.2 Å². The molecule has 2 amide bonds. The van der Waals surface area contributed by atoms with Gasteiger partial charge in [0, 0.05) is 24.3 Å². The summed E-state index contributed by atoms with van der Waals surface area (Å²) in [7, 11) is 2.11. The van der Waals surface area contributed by atoms with Gasteiger partial charge < -0.3 is 15.5 Å². The van der Waals surface area contributed by atoms with E-state index in [4.69, 9.17) is 0 Å². The minimum atomic E-state index is -0.105. The number of carbonyl (C=O) groups excluding carboxylic acids is 1. The molecule has 2 heterocycles. The van der Waals surface area contributed by atoms with E-state index in [1.807, 2.05) is 41.2 Å². The number of likely N-dealkylation sites (tertiary alicyclic amines) is 1. The van der Waals surface area contributed by atoms with Crippen molar-refractivity contribution in [3.05, 3.63) is 48.3 Å². The number of benzene rings is 1. The normalized spacial score (nSPS) is 16.2. The zero-order chi connectivity index (χ0) is 16.1. The number of nitrogens with zero attached hydrogens (tertiary/aromatic N) is 3. The van der Waals surface area contributed by atoms with Crippen LogP contribution in [0.5, 0.6) is 0 Å². The second-order valence-electron chi connectivity index (χ2n) is 6.03. The Balaban J connectivity index is 1.47. The number of hydrogen-bond donors (Lipinski definition) is 2. The van der Waals surface area contributed by atoms with Crippen LogP contribution in [0.4, 0.5) is 4.79 Å². The lowest BCUT2D eigenvalue weighted by Gasteiger charge is -2.29. The second kappa shape index (κ2) is 7.28. The van der Waals surface area contributed by atoms with Gasteiger partial charge in [-0.3, -0.25) is 0 Å². The van der Waals surface area contributed by atoms with Crippen LogP contribution in [0, 0.1) is 0 Å². The van der Waals surface area contributed by atoms with Crippen molar-refractivity contribution in [2.45, 2.75) is 25.4 Å². The molecule has 2 N–H and O–H groups in total. The summed E-state index contributed by atoms with van der Waals surface area (Å²) in [5, 5.41) is 10.3. The number of para-hydroxylation sites is 1. The Morgan fingerprint density at radius 1 is 1.26 bits per heavy atom. The monoisotopic (exact) mass is 313 g/mol. The predicted octanol–water partition coefficient (Wildman–Crippen LogP) is 1.77. The van der Waals surface area contributed by atoms with Crippen LogP contribution in [0.3, 0.4) is 0 Å². The minimum absolute atomic E-state index is 0.105. The Kier molecular flexibility index (Phi) is 4.92. The number of rotatable bonds is 4. The molecule has 2 aromatic rings. The second-order valence-corrected chi connectivity index (χ2v) is 6.03. The number of carbonyl (C=O) groups is 1. The topological polar surface area (TPSA) is 62.2 Å². The zero-order valence-electron chi connectivity index (χ0n) is 13.4. The summed E-state index contributed by atoms with van der Waals surface area (Å²) < 4.78 is 1.81. The highest BCUT2D eigenvalue weighted by Crippen LogP contribution is 2.09. The van der Waals surface area contributed by atoms with Crippen molar-refractivity contribution in [3.63, 3.8) is 0 Å². The van der Waals surface area contributed by atoms with E-state index in [9.17, 15) is 4.79 Å². The Hall–Kier alpha value is -2.34. The summed E-state index contributed by atoms with van der Waals surface area (Å²) in [5.74, 6) is 0. The third-order valence-corrected chi connectivity index (χ3v) is 4.16. The van der Waals surface area contributed by atoms with Gasteiger partial charge in [-0.25, -0.2) is 9.48 Å². The fourth-order valence-corrected chi connectivity index (χ4v) is 2.75. The van der Waals surface area contributed by atoms with Gasteiger partial charge in [0.2, 0.25) is 0 Å². The van der Waals surface area contributed by atoms with E-state index in [1.54, 1.807) is 6.20 Å². The van der Waals surface area contributed by atoms with E-state index in [0.717, 1.165) is 37.2 Å². The lowest BCUT2D eigenvalue weighted by Crippen LogP contribution is -2.46. The fourth-order valence-electron chi connectivity index (χ4n) is 2.75. The molecule has 122 valence electrons. The fraction of sp³-hybridized carbons (Fsp3) is 0.412. The van der Waals surface area contributed by atoms with E-state index in [-0.39, 0.29) is 12.1 Å². The Morgan fingerprint density at radius 2 is 2.00 bits per heavy atom. The maximum atomic E-state index is 12.0. The molecule has 0 spiro atoms. The molecule has 6 heteroatoms. The molecule has 23 heavy (non-hydrogen) atoms. The van der Waals surface area contributed by atoms with Gasteiger partial charge in [0.15, 0.2) is 0 Å². The van der Waals surface area contributed by atoms with E-state index in [0.29, 0.717) is 6.54 Å². The van der Waals surface area contributed by atoms with Crippen molar-refractivity contribution >= 4 is 6.03 Å². The summed E-state index contributed by atoms with van der Waals surface area (Å²) in [5.41, 5.74) is 1.99. The van der Waals surface area contributed by atoms with E-state index in [2.05, 4.69) is 27.7 Å². The number of urea groups is 1. The van der Waals surface area contributed by atoms with Gasteiger partial charge in [0.25, 0.3) is 0 Å². The number of nitrogens with one attached hydrogen (secondary N) is 2. The first kappa shape index (κ1) is 15.6. The summed E-state index contributed by atoms with van der Waals surface area (Å²) in [4.78, 5) is 14.3. The molecule has 1 aromatic heterocycles. The van der Waals surface area contributed by atoms with Crippen molar-refractivity contribution in [2.24, 2.45) is 0 Å². The molecule has 0 aliphatic carbocycles. The van der Waals surface area contributed by atoms with E-state index >= 15 is 0 Å². The van der Waals surface area contributed by atoms with Gasteiger partial charge in [0.05, 0.1) is 11.9 Å². The lowest BCUT2D eigenvalue weighted by atomic mass is 10.1. The molecular formula is C17H23N5O.